The molecule has 0 fully saturated rings. The third-order valence-electron chi connectivity index (χ3n) is 4.27. The maximum Gasteiger partial charge on any atom is 0.223 e. The van der Waals surface area contributed by atoms with Crippen LogP contribution in [-0.2, 0) is 0 Å². The van der Waals surface area contributed by atoms with Crippen LogP contribution in [0.5, 0.6) is 0 Å². The molecule has 5 nitrogen and oxygen atoms in total. The van der Waals surface area contributed by atoms with Crippen molar-refractivity contribution in [3.8, 4) is 6.07 Å². The minimum atomic E-state index is 0.286. The Morgan fingerprint density at radius 2 is 2.11 bits per heavy atom. The maximum absolute atomic E-state index is 9.81. The Kier molecular flexibility index (Phi) is 6.15. The highest BCUT2D eigenvalue weighted by Gasteiger charge is 2.20. The summed E-state index contributed by atoms with van der Waals surface area (Å²) in [5.41, 5.74) is 4.16. The van der Waals surface area contributed by atoms with E-state index in [1.807, 2.05) is 42.7 Å². The van der Waals surface area contributed by atoms with Crippen LogP contribution < -0.4 is 10.6 Å². The molecule has 0 spiro atoms. The molecule has 2 aromatic rings. The van der Waals surface area contributed by atoms with Gasteiger partial charge in [-0.15, -0.1) is 0 Å². The summed E-state index contributed by atoms with van der Waals surface area (Å²) >= 11 is 1.51. The van der Waals surface area contributed by atoms with Gasteiger partial charge in [0.15, 0.2) is 0 Å². The zero-order chi connectivity index (χ0) is 19.2. The van der Waals surface area contributed by atoms with Gasteiger partial charge in [-0.05, 0) is 31.4 Å². The van der Waals surface area contributed by atoms with Crippen molar-refractivity contribution in [3.63, 3.8) is 0 Å². The number of nitrogens with one attached hydrogen (secondary N) is 2. The van der Waals surface area contributed by atoms with E-state index in [1.54, 1.807) is 6.20 Å². The van der Waals surface area contributed by atoms with E-state index in [4.69, 9.17) is 0 Å². The van der Waals surface area contributed by atoms with E-state index in [2.05, 4.69) is 40.5 Å². The average Bonchev–Trinajstić information content (AvgIpc) is 3.15. The lowest BCUT2D eigenvalue weighted by atomic mass is 10.1. The first-order valence-corrected chi connectivity index (χ1v) is 9.94. The van der Waals surface area contributed by atoms with Crippen LogP contribution in [0.2, 0.25) is 0 Å². The molecule has 0 aliphatic carbocycles. The zero-order valence-electron chi connectivity index (χ0n) is 15.8. The van der Waals surface area contributed by atoms with Crippen molar-refractivity contribution in [2.75, 3.05) is 5.32 Å². The van der Waals surface area contributed by atoms with Crippen LogP contribution in [0, 0.1) is 18.3 Å². The summed E-state index contributed by atoms with van der Waals surface area (Å²) in [6, 6.07) is 12.7. The number of thioether (sulfide) groups is 1. The van der Waals surface area contributed by atoms with E-state index in [1.165, 1.54) is 11.8 Å². The van der Waals surface area contributed by atoms with Gasteiger partial charge in [0, 0.05) is 17.6 Å². The topological polar surface area (TPSA) is 73.6 Å². The molecule has 2 N–H and O–H groups in total. The number of aryl methyl sites for hydroxylation is 1. The van der Waals surface area contributed by atoms with Gasteiger partial charge in [0.1, 0.15) is 11.6 Å². The highest BCUT2D eigenvalue weighted by atomic mass is 32.2. The van der Waals surface area contributed by atoms with Gasteiger partial charge in [0.2, 0.25) is 5.95 Å². The number of allylic oxidation sites excluding steroid dienone is 1. The third-order valence-corrected chi connectivity index (χ3v) is 5.17. The van der Waals surface area contributed by atoms with E-state index in [-0.39, 0.29) is 6.04 Å². The van der Waals surface area contributed by atoms with Crippen molar-refractivity contribution in [1.82, 2.24) is 15.3 Å². The van der Waals surface area contributed by atoms with E-state index < -0.39 is 0 Å². The fraction of sp³-hybridized carbons (Fsp3) is 0.286. The van der Waals surface area contributed by atoms with Gasteiger partial charge in [-0.25, -0.2) is 9.97 Å². The Morgan fingerprint density at radius 3 is 2.81 bits per heavy atom. The minimum absolute atomic E-state index is 0.286. The number of benzene rings is 1. The largest absolute Gasteiger partial charge is 0.352 e. The van der Waals surface area contributed by atoms with Crippen LogP contribution in [0.15, 0.2) is 47.0 Å². The second-order valence-electron chi connectivity index (χ2n) is 6.52. The second-order valence-corrected chi connectivity index (χ2v) is 7.40. The fourth-order valence-corrected chi connectivity index (χ4v) is 3.74. The molecule has 1 atom stereocenters. The molecule has 0 amide bonds. The molecule has 1 aromatic carbocycles. The Balaban J connectivity index is 1.88. The molecule has 1 unspecified atom stereocenters. The lowest BCUT2D eigenvalue weighted by Gasteiger charge is -2.14. The second kappa shape index (κ2) is 8.74. The SMILES string of the molecule is CCCC(C)Nc1ncc(C)c(/C(C#N)=C2/NC(c3ccccc3)=CS2)n1. The summed E-state index contributed by atoms with van der Waals surface area (Å²) in [7, 11) is 0. The van der Waals surface area contributed by atoms with E-state index in [9.17, 15) is 5.26 Å². The number of nitrogens with zero attached hydrogens (tertiary/aromatic N) is 3. The van der Waals surface area contributed by atoms with Crippen molar-refractivity contribution in [2.45, 2.75) is 39.7 Å². The smallest absolute Gasteiger partial charge is 0.223 e. The monoisotopic (exact) mass is 377 g/mol. The van der Waals surface area contributed by atoms with Crippen LogP contribution in [0.3, 0.4) is 0 Å². The number of hydrogen-bond donors (Lipinski definition) is 2. The number of anilines is 1. The molecular formula is C21H23N5S. The maximum atomic E-state index is 9.81. The molecule has 138 valence electrons. The summed E-state index contributed by atoms with van der Waals surface area (Å²) in [5, 5.41) is 19.3. The number of rotatable bonds is 6. The summed E-state index contributed by atoms with van der Waals surface area (Å²) in [5.74, 6) is 0.559. The summed E-state index contributed by atoms with van der Waals surface area (Å²) in [4.78, 5) is 9.00. The first kappa shape index (κ1) is 19.0. The molecule has 2 heterocycles. The molecule has 1 aliphatic rings. The third kappa shape index (κ3) is 4.50. The van der Waals surface area contributed by atoms with Crippen LogP contribution in [0.25, 0.3) is 11.3 Å². The standard InChI is InChI=1S/C21H23N5S/c1-4-8-15(3)24-21-23-12-14(2)19(26-21)17(11-22)20-25-18(13-27-20)16-9-6-5-7-10-16/h5-7,9-10,12-13,15,25H,4,8H2,1-3H3,(H,23,24,26)/b20-17-. The lowest BCUT2D eigenvalue weighted by Crippen LogP contribution is -2.17. The van der Waals surface area contributed by atoms with Gasteiger partial charge in [-0.1, -0.05) is 55.4 Å². The molecule has 0 saturated heterocycles. The molecular weight excluding hydrogens is 354 g/mol. The molecule has 3 rings (SSSR count). The van der Waals surface area contributed by atoms with Gasteiger partial charge in [0.25, 0.3) is 0 Å². The number of aromatic nitrogens is 2. The van der Waals surface area contributed by atoms with Crippen molar-refractivity contribution in [3.05, 3.63) is 63.8 Å². The highest BCUT2D eigenvalue weighted by molar-refractivity contribution is 8.06. The first-order valence-electron chi connectivity index (χ1n) is 9.06. The number of nitriles is 1. The molecule has 0 bridgehead atoms. The summed E-state index contributed by atoms with van der Waals surface area (Å²) in [6.45, 7) is 6.19. The first-order chi connectivity index (χ1) is 13.1. The predicted octanol–water partition coefficient (Wildman–Crippen LogP) is 4.91. The predicted molar refractivity (Wildman–Crippen MR) is 112 cm³/mol. The molecule has 1 aliphatic heterocycles. The Bertz CT molecular complexity index is 912. The van der Waals surface area contributed by atoms with Crippen LogP contribution in [0.4, 0.5) is 5.95 Å². The fourth-order valence-electron chi connectivity index (χ4n) is 2.88. The average molecular weight is 378 g/mol. The van der Waals surface area contributed by atoms with Gasteiger partial charge < -0.3 is 10.6 Å². The van der Waals surface area contributed by atoms with Crippen LogP contribution in [0.1, 0.15) is 43.5 Å². The van der Waals surface area contributed by atoms with Crippen LogP contribution in [-0.4, -0.2) is 16.0 Å². The van der Waals surface area contributed by atoms with E-state index in [0.717, 1.165) is 34.7 Å². The van der Waals surface area contributed by atoms with Crippen molar-refractivity contribution >= 4 is 29.0 Å². The van der Waals surface area contributed by atoms with Gasteiger partial charge in [-0.2, -0.15) is 5.26 Å². The van der Waals surface area contributed by atoms with Gasteiger partial charge in [0.05, 0.1) is 16.4 Å². The Labute approximate surface area is 164 Å². The molecule has 1 aromatic heterocycles. The minimum Gasteiger partial charge on any atom is -0.352 e. The van der Waals surface area contributed by atoms with Crippen molar-refractivity contribution in [1.29, 1.82) is 5.26 Å². The quantitative estimate of drug-likeness (QED) is 0.697. The van der Waals surface area contributed by atoms with Crippen molar-refractivity contribution < 1.29 is 0 Å². The Hall–Kier alpha value is -2.78. The highest BCUT2D eigenvalue weighted by Crippen LogP contribution is 2.35. The zero-order valence-corrected chi connectivity index (χ0v) is 16.6. The molecule has 6 heteroatoms. The van der Waals surface area contributed by atoms with E-state index >= 15 is 0 Å². The molecule has 0 saturated carbocycles. The molecule has 0 radical (unpaired) electrons. The van der Waals surface area contributed by atoms with Crippen molar-refractivity contribution in [2.24, 2.45) is 0 Å². The Morgan fingerprint density at radius 1 is 1.33 bits per heavy atom. The summed E-state index contributed by atoms with van der Waals surface area (Å²) < 4.78 is 0. The van der Waals surface area contributed by atoms with Gasteiger partial charge >= 0.3 is 0 Å². The molecule has 27 heavy (non-hydrogen) atoms. The van der Waals surface area contributed by atoms with Gasteiger partial charge in [-0.3, -0.25) is 0 Å². The normalized spacial score (nSPS) is 16.1. The lowest BCUT2D eigenvalue weighted by molar-refractivity contribution is 0.683. The van der Waals surface area contributed by atoms with Crippen LogP contribution >= 0.6 is 11.8 Å². The van der Waals surface area contributed by atoms with E-state index in [0.29, 0.717) is 17.2 Å². The number of hydrogen-bond acceptors (Lipinski definition) is 6. The summed E-state index contributed by atoms with van der Waals surface area (Å²) in [6.07, 6.45) is 3.90.